The van der Waals surface area contributed by atoms with Crippen molar-refractivity contribution in [3.63, 3.8) is 0 Å². The largest absolute Gasteiger partial charge is 0.496 e. The van der Waals surface area contributed by atoms with Crippen molar-refractivity contribution in [2.24, 2.45) is 0 Å². The molecule has 0 aliphatic carbocycles. The molecule has 1 aromatic rings. The monoisotopic (exact) mass is 190 g/mol. The lowest BCUT2D eigenvalue weighted by molar-refractivity contribution is -0.137. The molecule has 0 aromatic heterocycles. The molecule has 0 aliphatic heterocycles. The van der Waals surface area contributed by atoms with Crippen molar-refractivity contribution < 1.29 is 14.3 Å². The Kier molecular flexibility index (Phi) is 3.57. The van der Waals surface area contributed by atoms with Gasteiger partial charge in [0.25, 0.3) is 0 Å². The smallest absolute Gasteiger partial charge is 0.384 e. The van der Waals surface area contributed by atoms with Crippen LogP contribution in [0.1, 0.15) is 5.56 Å². The summed E-state index contributed by atoms with van der Waals surface area (Å²) in [7, 11) is 1.56. The SMILES string of the molecule is C#CC(=O)OCc1ccccc1OC. The molecule has 0 amide bonds. The molecule has 0 N–H and O–H groups in total. The lowest BCUT2D eigenvalue weighted by atomic mass is 10.2. The lowest BCUT2D eigenvalue weighted by Crippen LogP contribution is -2.02. The van der Waals surface area contributed by atoms with Gasteiger partial charge in [-0.05, 0) is 6.07 Å². The second-order valence-electron chi connectivity index (χ2n) is 2.53. The zero-order valence-electron chi connectivity index (χ0n) is 7.82. The van der Waals surface area contributed by atoms with E-state index in [-0.39, 0.29) is 6.61 Å². The first-order valence-corrected chi connectivity index (χ1v) is 4.03. The number of methoxy groups -OCH3 is 1. The van der Waals surface area contributed by atoms with Crippen LogP contribution >= 0.6 is 0 Å². The van der Waals surface area contributed by atoms with Gasteiger partial charge >= 0.3 is 5.97 Å². The van der Waals surface area contributed by atoms with E-state index < -0.39 is 5.97 Å². The molecule has 0 saturated heterocycles. The molecule has 0 radical (unpaired) electrons. The number of carbonyl (C=O) groups is 1. The number of esters is 1. The predicted molar refractivity (Wildman–Crippen MR) is 51.6 cm³/mol. The summed E-state index contributed by atoms with van der Waals surface area (Å²) in [6.45, 7) is 0.132. The third kappa shape index (κ3) is 2.53. The van der Waals surface area contributed by atoms with Gasteiger partial charge in [-0.25, -0.2) is 4.79 Å². The maximum atomic E-state index is 10.7. The zero-order valence-corrected chi connectivity index (χ0v) is 7.82. The molecular weight excluding hydrogens is 180 g/mol. The Morgan fingerprint density at radius 1 is 1.50 bits per heavy atom. The van der Waals surface area contributed by atoms with E-state index in [2.05, 4.69) is 0 Å². The second-order valence-corrected chi connectivity index (χ2v) is 2.53. The van der Waals surface area contributed by atoms with Crippen LogP contribution in [-0.4, -0.2) is 13.1 Å². The first kappa shape index (κ1) is 10.1. The zero-order chi connectivity index (χ0) is 10.4. The van der Waals surface area contributed by atoms with Crippen LogP contribution in [0.15, 0.2) is 24.3 Å². The van der Waals surface area contributed by atoms with Crippen molar-refractivity contribution in [3.8, 4) is 18.1 Å². The molecular formula is C11H10O3. The second kappa shape index (κ2) is 4.93. The summed E-state index contributed by atoms with van der Waals surface area (Å²) in [5, 5.41) is 0. The molecule has 1 rings (SSSR count). The summed E-state index contributed by atoms with van der Waals surface area (Å²) in [4.78, 5) is 10.7. The van der Waals surface area contributed by atoms with Crippen LogP contribution < -0.4 is 4.74 Å². The summed E-state index contributed by atoms with van der Waals surface area (Å²) in [6.07, 6.45) is 4.85. The van der Waals surface area contributed by atoms with Crippen LogP contribution in [0.2, 0.25) is 0 Å². The van der Waals surface area contributed by atoms with Crippen LogP contribution in [0.25, 0.3) is 0 Å². The van der Waals surface area contributed by atoms with Crippen molar-refractivity contribution in [1.82, 2.24) is 0 Å². The van der Waals surface area contributed by atoms with Gasteiger partial charge in [-0.2, -0.15) is 0 Å². The van der Waals surface area contributed by atoms with Crippen molar-refractivity contribution in [1.29, 1.82) is 0 Å². The molecule has 72 valence electrons. The molecule has 0 fully saturated rings. The van der Waals surface area contributed by atoms with Crippen molar-refractivity contribution in [3.05, 3.63) is 29.8 Å². The molecule has 3 nitrogen and oxygen atoms in total. The average Bonchev–Trinajstić information content (AvgIpc) is 2.26. The van der Waals surface area contributed by atoms with E-state index in [9.17, 15) is 4.79 Å². The Morgan fingerprint density at radius 3 is 2.86 bits per heavy atom. The molecule has 0 unspecified atom stereocenters. The third-order valence-electron chi connectivity index (χ3n) is 1.67. The molecule has 14 heavy (non-hydrogen) atoms. The number of terminal acetylenes is 1. The van der Waals surface area contributed by atoms with Gasteiger partial charge in [-0.15, -0.1) is 6.42 Å². The maximum Gasteiger partial charge on any atom is 0.384 e. The number of hydrogen-bond donors (Lipinski definition) is 0. The van der Waals surface area contributed by atoms with Gasteiger partial charge in [0.1, 0.15) is 12.4 Å². The van der Waals surface area contributed by atoms with Gasteiger partial charge in [0, 0.05) is 11.5 Å². The molecule has 0 saturated carbocycles. The van der Waals surface area contributed by atoms with Gasteiger partial charge in [0.05, 0.1) is 7.11 Å². The number of benzene rings is 1. The van der Waals surface area contributed by atoms with Crippen LogP contribution in [0.3, 0.4) is 0 Å². The highest BCUT2D eigenvalue weighted by Gasteiger charge is 2.03. The average molecular weight is 190 g/mol. The van der Waals surface area contributed by atoms with Gasteiger partial charge in [-0.1, -0.05) is 18.2 Å². The fourth-order valence-corrected chi connectivity index (χ4v) is 1.01. The van der Waals surface area contributed by atoms with Crippen LogP contribution in [0.5, 0.6) is 5.75 Å². The summed E-state index contributed by atoms with van der Waals surface area (Å²) in [5.74, 6) is 1.88. The van der Waals surface area contributed by atoms with E-state index >= 15 is 0 Å². The summed E-state index contributed by atoms with van der Waals surface area (Å²) in [5.41, 5.74) is 0.790. The minimum absolute atomic E-state index is 0.132. The highest BCUT2D eigenvalue weighted by Crippen LogP contribution is 2.17. The highest BCUT2D eigenvalue weighted by molar-refractivity contribution is 5.87. The Morgan fingerprint density at radius 2 is 2.21 bits per heavy atom. The minimum atomic E-state index is -0.670. The van der Waals surface area contributed by atoms with E-state index in [0.717, 1.165) is 5.56 Å². The fraction of sp³-hybridized carbons (Fsp3) is 0.182. The molecule has 3 heteroatoms. The topological polar surface area (TPSA) is 35.5 Å². The minimum Gasteiger partial charge on any atom is -0.496 e. The van der Waals surface area contributed by atoms with Gasteiger partial charge in [0.2, 0.25) is 0 Å². The third-order valence-corrected chi connectivity index (χ3v) is 1.67. The van der Waals surface area contributed by atoms with Gasteiger partial charge in [0.15, 0.2) is 0 Å². The molecule has 0 heterocycles. The normalized spacial score (nSPS) is 8.86. The van der Waals surface area contributed by atoms with Crippen LogP contribution in [-0.2, 0) is 16.1 Å². The molecule has 0 atom stereocenters. The number of para-hydroxylation sites is 1. The summed E-state index contributed by atoms with van der Waals surface area (Å²) >= 11 is 0. The van der Waals surface area contributed by atoms with E-state index in [1.54, 1.807) is 13.2 Å². The van der Waals surface area contributed by atoms with Crippen LogP contribution in [0, 0.1) is 12.3 Å². The van der Waals surface area contributed by atoms with Crippen LogP contribution in [0.4, 0.5) is 0 Å². The molecule has 0 bridgehead atoms. The first-order valence-electron chi connectivity index (χ1n) is 4.03. The van der Waals surface area contributed by atoms with E-state index in [4.69, 9.17) is 15.9 Å². The number of hydrogen-bond acceptors (Lipinski definition) is 3. The highest BCUT2D eigenvalue weighted by atomic mass is 16.5. The quantitative estimate of drug-likeness (QED) is 0.410. The summed E-state index contributed by atoms with van der Waals surface area (Å²) in [6, 6.07) is 7.27. The number of rotatable bonds is 3. The standard InChI is InChI=1S/C11H10O3/c1-3-11(12)14-8-9-6-4-5-7-10(9)13-2/h1,4-7H,8H2,2H3. The van der Waals surface area contributed by atoms with Gasteiger partial charge in [-0.3, -0.25) is 0 Å². The Balaban J connectivity index is 2.67. The van der Waals surface area contributed by atoms with Crippen molar-refractivity contribution in [2.75, 3.05) is 7.11 Å². The summed E-state index contributed by atoms with van der Waals surface area (Å²) < 4.78 is 9.83. The number of ether oxygens (including phenoxy) is 2. The van der Waals surface area contributed by atoms with Gasteiger partial charge < -0.3 is 9.47 Å². The molecule has 0 aliphatic rings. The predicted octanol–water partition coefficient (Wildman–Crippen LogP) is 1.37. The fourth-order valence-electron chi connectivity index (χ4n) is 1.01. The Bertz CT molecular complexity index is 363. The van der Waals surface area contributed by atoms with Crippen molar-refractivity contribution >= 4 is 5.97 Å². The van der Waals surface area contributed by atoms with E-state index in [1.165, 1.54) is 0 Å². The first-order chi connectivity index (χ1) is 6.77. The lowest BCUT2D eigenvalue weighted by Gasteiger charge is -2.06. The maximum absolute atomic E-state index is 10.7. The van der Waals surface area contributed by atoms with E-state index in [0.29, 0.717) is 5.75 Å². The Hall–Kier alpha value is -1.95. The molecule has 0 spiro atoms. The number of carbonyl (C=O) groups excluding carboxylic acids is 1. The van der Waals surface area contributed by atoms with Crippen molar-refractivity contribution in [2.45, 2.75) is 6.61 Å². The Labute approximate surface area is 82.6 Å². The van der Waals surface area contributed by atoms with E-state index in [1.807, 2.05) is 24.1 Å². The molecule has 1 aromatic carbocycles.